The average Bonchev–Trinajstić information content (AvgIpc) is 3.64. The highest BCUT2D eigenvalue weighted by Crippen LogP contribution is 2.42. The molecule has 3 heteroatoms. The molecule has 0 radical (unpaired) electrons. The van der Waals surface area contributed by atoms with Crippen molar-refractivity contribution in [3.05, 3.63) is 133 Å². The highest BCUT2D eigenvalue weighted by atomic mass is 16.3. The first kappa shape index (κ1) is 20.7. The molecule has 0 saturated heterocycles. The third-order valence-electron chi connectivity index (χ3n) is 8.10. The van der Waals surface area contributed by atoms with E-state index in [1.54, 1.807) is 0 Å². The van der Waals surface area contributed by atoms with Crippen LogP contribution in [0.15, 0.2) is 138 Å². The summed E-state index contributed by atoms with van der Waals surface area (Å²) >= 11 is 0. The van der Waals surface area contributed by atoms with Gasteiger partial charge >= 0.3 is 0 Å². The standard InChI is InChI=1S/C36H22N2O/c1-2-10-23(11-3-1)37-29-15-7-4-13-26(29)35-31(37)19-20-32-36(35)27-14-5-8-16-30(27)38(32)24-18-21-34-28(22-24)25-12-6-9-17-33(25)39-34/h1-22H. The highest BCUT2D eigenvalue weighted by molar-refractivity contribution is 6.29. The van der Waals surface area contributed by atoms with Gasteiger partial charge in [-0.25, -0.2) is 0 Å². The van der Waals surface area contributed by atoms with Gasteiger partial charge in [0.15, 0.2) is 0 Å². The van der Waals surface area contributed by atoms with Crippen molar-refractivity contribution in [2.24, 2.45) is 0 Å². The molecule has 0 amide bonds. The molecule has 0 aliphatic rings. The molecule has 182 valence electrons. The smallest absolute Gasteiger partial charge is 0.135 e. The van der Waals surface area contributed by atoms with Gasteiger partial charge in [-0.15, -0.1) is 0 Å². The van der Waals surface area contributed by atoms with Crippen LogP contribution in [0.2, 0.25) is 0 Å². The first-order valence-corrected chi connectivity index (χ1v) is 13.3. The molecule has 0 bridgehead atoms. The molecule has 6 aromatic carbocycles. The number of rotatable bonds is 2. The van der Waals surface area contributed by atoms with E-state index in [1.165, 1.54) is 49.3 Å². The van der Waals surface area contributed by atoms with E-state index < -0.39 is 0 Å². The monoisotopic (exact) mass is 498 g/mol. The van der Waals surface area contributed by atoms with Gasteiger partial charge < -0.3 is 13.6 Å². The van der Waals surface area contributed by atoms with Crippen molar-refractivity contribution in [3.8, 4) is 11.4 Å². The Kier molecular flexibility index (Phi) is 4.05. The van der Waals surface area contributed by atoms with Gasteiger partial charge in [-0.3, -0.25) is 0 Å². The van der Waals surface area contributed by atoms with Crippen LogP contribution in [0.5, 0.6) is 0 Å². The van der Waals surface area contributed by atoms with Gasteiger partial charge in [-0.1, -0.05) is 72.8 Å². The van der Waals surface area contributed by atoms with E-state index in [-0.39, 0.29) is 0 Å². The van der Waals surface area contributed by atoms with Crippen LogP contribution in [0.4, 0.5) is 0 Å². The molecule has 0 fully saturated rings. The van der Waals surface area contributed by atoms with E-state index in [0.29, 0.717) is 0 Å². The number of hydrogen-bond acceptors (Lipinski definition) is 1. The zero-order chi connectivity index (χ0) is 25.5. The van der Waals surface area contributed by atoms with Crippen LogP contribution < -0.4 is 0 Å². The summed E-state index contributed by atoms with van der Waals surface area (Å²) in [5.74, 6) is 0. The maximum Gasteiger partial charge on any atom is 0.135 e. The third-order valence-corrected chi connectivity index (χ3v) is 8.10. The first-order valence-electron chi connectivity index (χ1n) is 13.3. The summed E-state index contributed by atoms with van der Waals surface area (Å²) in [7, 11) is 0. The van der Waals surface area contributed by atoms with E-state index in [1.807, 2.05) is 12.1 Å². The Labute approximate surface area is 223 Å². The maximum atomic E-state index is 6.14. The minimum Gasteiger partial charge on any atom is -0.456 e. The summed E-state index contributed by atoms with van der Waals surface area (Å²) in [6.07, 6.45) is 0. The number of nitrogens with zero attached hydrogens (tertiary/aromatic N) is 2. The number of fused-ring (bicyclic) bond motifs is 10. The second-order valence-corrected chi connectivity index (χ2v) is 10.2. The van der Waals surface area contributed by atoms with Crippen molar-refractivity contribution in [1.29, 1.82) is 0 Å². The van der Waals surface area contributed by atoms with Crippen molar-refractivity contribution in [3.63, 3.8) is 0 Å². The molecule has 0 spiro atoms. The minimum absolute atomic E-state index is 0.911. The van der Waals surface area contributed by atoms with Crippen LogP contribution >= 0.6 is 0 Å². The number of para-hydroxylation sites is 4. The molecular formula is C36H22N2O. The minimum atomic E-state index is 0.911. The van der Waals surface area contributed by atoms with Crippen LogP contribution in [0.25, 0.3) is 76.9 Å². The SMILES string of the molecule is c1ccc(-n2c3ccccc3c3c4c5ccccc5n(-c5ccc6oc7ccccc7c6c5)c4ccc32)cc1. The Bertz CT molecular complexity index is 2390. The van der Waals surface area contributed by atoms with Crippen LogP contribution in [0.1, 0.15) is 0 Å². The van der Waals surface area contributed by atoms with Gasteiger partial charge in [0.2, 0.25) is 0 Å². The molecule has 39 heavy (non-hydrogen) atoms. The Morgan fingerprint density at radius 3 is 1.59 bits per heavy atom. The normalized spacial score (nSPS) is 12.1. The molecule has 3 nitrogen and oxygen atoms in total. The molecule has 0 atom stereocenters. The molecule has 9 aromatic rings. The van der Waals surface area contributed by atoms with Gasteiger partial charge in [-0.2, -0.15) is 0 Å². The summed E-state index contributed by atoms with van der Waals surface area (Å²) in [5, 5.41) is 7.37. The second-order valence-electron chi connectivity index (χ2n) is 10.2. The van der Waals surface area contributed by atoms with Crippen LogP contribution in [0.3, 0.4) is 0 Å². The van der Waals surface area contributed by atoms with E-state index in [0.717, 1.165) is 27.6 Å². The number of furan rings is 1. The van der Waals surface area contributed by atoms with Gasteiger partial charge in [0.05, 0.1) is 22.1 Å². The van der Waals surface area contributed by atoms with E-state index in [9.17, 15) is 0 Å². The predicted molar refractivity (Wildman–Crippen MR) is 162 cm³/mol. The Morgan fingerprint density at radius 2 is 0.897 bits per heavy atom. The molecule has 0 aliphatic heterocycles. The summed E-state index contributed by atoms with van der Waals surface area (Å²) in [6.45, 7) is 0. The Hall–Kier alpha value is -5.28. The van der Waals surface area contributed by atoms with Crippen molar-refractivity contribution < 1.29 is 4.42 Å². The van der Waals surface area contributed by atoms with Gasteiger partial charge in [0, 0.05) is 43.7 Å². The summed E-state index contributed by atoms with van der Waals surface area (Å²) < 4.78 is 10.9. The topological polar surface area (TPSA) is 23.0 Å². The van der Waals surface area contributed by atoms with E-state index in [2.05, 4.69) is 130 Å². The van der Waals surface area contributed by atoms with Gasteiger partial charge in [-0.05, 0) is 60.7 Å². The fourth-order valence-corrected chi connectivity index (χ4v) is 6.50. The lowest BCUT2D eigenvalue weighted by atomic mass is 10.1. The van der Waals surface area contributed by atoms with Crippen molar-refractivity contribution in [2.45, 2.75) is 0 Å². The number of hydrogen-bond donors (Lipinski definition) is 0. The summed E-state index contributed by atoms with van der Waals surface area (Å²) in [5.41, 5.74) is 8.96. The summed E-state index contributed by atoms with van der Waals surface area (Å²) in [4.78, 5) is 0. The third kappa shape index (κ3) is 2.76. The molecule has 0 N–H and O–H groups in total. The fourth-order valence-electron chi connectivity index (χ4n) is 6.50. The largest absolute Gasteiger partial charge is 0.456 e. The lowest BCUT2D eigenvalue weighted by Gasteiger charge is -2.09. The molecule has 9 rings (SSSR count). The lowest BCUT2D eigenvalue weighted by Crippen LogP contribution is -1.94. The van der Waals surface area contributed by atoms with E-state index in [4.69, 9.17) is 4.42 Å². The van der Waals surface area contributed by atoms with Gasteiger partial charge in [0.1, 0.15) is 11.2 Å². The highest BCUT2D eigenvalue weighted by Gasteiger charge is 2.20. The van der Waals surface area contributed by atoms with Crippen molar-refractivity contribution in [1.82, 2.24) is 9.13 Å². The molecule has 3 aromatic heterocycles. The molecular weight excluding hydrogens is 476 g/mol. The molecule has 3 heterocycles. The zero-order valence-electron chi connectivity index (χ0n) is 21.0. The van der Waals surface area contributed by atoms with Crippen molar-refractivity contribution in [2.75, 3.05) is 0 Å². The lowest BCUT2D eigenvalue weighted by molar-refractivity contribution is 0.669. The van der Waals surface area contributed by atoms with Crippen molar-refractivity contribution >= 4 is 65.6 Å². The van der Waals surface area contributed by atoms with Gasteiger partial charge in [0.25, 0.3) is 0 Å². The predicted octanol–water partition coefficient (Wildman–Crippen LogP) is 9.78. The quantitative estimate of drug-likeness (QED) is 0.233. The van der Waals surface area contributed by atoms with Crippen LogP contribution in [-0.2, 0) is 0 Å². The zero-order valence-corrected chi connectivity index (χ0v) is 21.0. The van der Waals surface area contributed by atoms with E-state index >= 15 is 0 Å². The summed E-state index contributed by atoms with van der Waals surface area (Å²) in [6, 6.07) is 47.6. The fraction of sp³-hybridized carbons (Fsp3) is 0. The molecule has 0 saturated carbocycles. The molecule has 0 aliphatic carbocycles. The Morgan fingerprint density at radius 1 is 0.359 bits per heavy atom. The Balaban J connectivity index is 1.45. The second kappa shape index (κ2) is 7.62. The van der Waals surface area contributed by atoms with Crippen LogP contribution in [0, 0.1) is 0 Å². The number of aromatic nitrogens is 2. The number of benzene rings is 6. The van der Waals surface area contributed by atoms with Crippen LogP contribution in [-0.4, -0.2) is 9.13 Å². The first-order chi connectivity index (χ1) is 19.4. The maximum absolute atomic E-state index is 6.14. The molecule has 0 unspecified atom stereocenters. The average molecular weight is 499 g/mol.